The third kappa shape index (κ3) is 5.44. The summed E-state index contributed by atoms with van der Waals surface area (Å²) in [6, 6.07) is 75.8. The van der Waals surface area contributed by atoms with E-state index in [1.165, 1.54) is 30.3 Å². The quantitative estimate of drug-likeness (QED) is 0.165. The van der Waals surface area contributed by atoms with Crippen molar-refractivity contribution >= 4 is 166 Å². The fraction of sp³-hybridized carbons (Fsp3) is 0. The van der Waals surface area contributed by atoms with Gasteiger partial charge in [-0.1, -0.05) is 170 Å². The van der Waals surface area contributed by atoms with Gasteiger partial charge in [0.15, 0.2) is 0 Å². The van der Waals surface area contributed by atoms with Crippen molar-refractivity contribution in [2.24, 2.45) is 0 Å². The van der Waals surface area contributed by atoms with Gasteiger partial charge >= 0.3 is 0 Å². The summed E-state index contributed by atoms with van der Waals surface area (Å²) < 4.78 is 18.6. The molecule has 0 amide bonds. The van der Waals surface area contributed by atoms with Crippen LogP contribution in [0.25, 0.3) is 165 Å². The van der Waals surface area contributed by atoms with Crippen molar-refractivity contribution in [1.29, 1.82) is 5.26 Å². The molecule has 0 fully saturated rings. The van der Waals surface area contributed by atoms with Gasteiger partial charge in [0.25, 0.3) is 0 Å². The molecule has 76 heavy (non-hydrogen) atoms. The molecule has 0 aliphatic heterocycles. The van der Waals surface area contributed by atoms with Crippen LogP contribution in [0.3, 0.4) is 0 Å². The largest absolute Gasteiger partial charge is 0.456 e. The Morgan fingerprint density at radius 2 is 0.789 bits per heavy atom. The maximum atomic E-state index is 12.4. The van der Waals surface area contributed by atoms with Crippen LogP contribution in [0.5, 0.6) is 0 Å². The Labute approximate surface area is 444 Å². The number of fused-ring (bicyclic) bond motifs is 22. The van der Waals surface area contributed by atoms with Crippen molar-refractivity contribution in [2.45, 2.75) is 0 Å². The van der Waals surface area contributed by atoms with Crippen molar-refractivity contribution < 1.29 is 4.42 Å². The molecule has 0 N–H and O–H groups in total. The highest BCUT2D eigenvalue weighted by Crippen LogP contribution is 2.56. The molecular weight excluding hydrogens is 985 g/mol. The second kappa shape index (κ2) is 15.5. The molecule has 0 atom stereocenters. The molecule has 0 aliphatic carbocycles. The molecule has 11 aromatic carbocycles. The number of aromatic nitrogens is 2. The number of benzene rings is 11. The fourth-order valence-electron chi connectivity index (χ4n) is 12.7. The maximum absolute atomic E-state index is 12.4. The van der Waals surface area contributed by atoms with Crippen LogP contribution >= 0.6 is 34.0 Å². The Hall–Kier alpha value is -9.54. The third-order valence-corrected chi connectivity index (χ3v) is 19.4. The number of furan rings is 1. The minimum atomic E-state index is 0.409. The SMILES string of the molecule is [C-]#[N+]c1c(-c2ccccc2)c(C#N)c(-n2c3c(ccc4c5ccccc5sc43)c3ccc4oc5ccccc5c4c32)c(-c2ccccc2)c1-n1c2c(ccc3c4ccccc4sc32)c2ccc3c4ccccc4sc3c21. The van der Waals surface area contributed by atoms with Gasteiger partial charge in [-0.15, -0.1) is 34.0 Å². The van der Waals surface area contributed by atoms with Gasteiger partial charge in [0, 0.05) is 84.5 Å². The van der Waals surface area contributed by atoms with Crippen LogP contribution in [0.2, 0.25) is 0 Å². The number of para-hydroxylation sites is 1. The number of thiophene rings is 3. The van der Waals surface area contributed by atoms with E-state index in [-0.39, 0.29) is 0 Å². The Kier molecular flexibility index (Phi) is 8.54. The van der Waals surface area contributed by atoms with Crippen LogP contribution in [0.1, 0.15) is 5.56 Å². The van der Waals surface area contributed by atoms with Crippen molar-refractivity contribution in [1.82, 2.24) is 9.13 Å². The summed E-state index contributed by atoms with van der Waals surface area (Å²) in [6.07, 6.45) is 0. The van der Waals surface area contributed by atoms with E-state index < -0.39 is 0 Å². The smallest absolute Gasteiger partial charge is 0.220 e. The number of rotatable bonds is 4. The summed E-state index contributed by atoms with van der Waals surface area (Å²) in [7, 11) is 0. The van der Waals surface area contributed by atoms with E-state index in [1.54, 1.807) is 34.0 Å². The lowest BCUT2D eigenvalue weighted by atomic mass is 9.88. The highest BCUT2D eigenvalue weighted by atomic mass is 32.1. The first-order chi connectivity index (χ1) is 37.7. The monoisotopic (exact) mass is 1020 g/mol. The van der Waals surface area contributed by atoms with E-state index in [1.807, 2.05) is 36.4 Å². The van der Waals surface area contributed by atoms with Gasteiger partial charge in [-0.2, -0.15) is 5.26 Å². The van der Waals surface area contributed by atoms with Gasteiger partial charge < -0.3 is 13.6 Å². The Morgan fingerprint density at radius 1 is 0.382 bits per heavy atom. The summed E-state index contributed by atoms with van der Waals surface area (Å²) >= 11 is 5.38. The van der Waals surface area contributed by atoms with Crippen LogP contribution in [-0.2, 0) is 0 Å². The summed E-state index contributed by atoms with van der Waals surface area (Å²) in [5, 5.41) is 25.7. The van der Waals surface area contributed by atoms with Crippen molar-refractivity contribution in [3.05, 3.63) is 223 Å². The first-order valence-electron chi connectivity index (χ1n) is 25.2. The molecule has 8 heteroatoms. The molecule has 0 spiro atoms. The first-order valence-corrected chi connectivity index (χ1v) is 27.6. The van der Waals surface area contributed by atoms with Crippen molar-refractivity contribution in [3.8, 4) is 39.7 Å². The topological polar surface area (TPSA) is 51.1 Å². The van der Waals surface area contributed by atoms with E-state index >= 15 is 0 Å². The standard InChI is InChI=1S/C68H34N4OS3/c1-70-59-56(37-16-4-2-5-17-37)50(36-69)61(71-60-42(34-35-52-58(60)49-23-8-12-24-51(49)73-52)43-28-31-46-39-20-9-13-25-53(39)74-66(46)62(43)71)57(38-18-6-3-7-19-38)65(59)72-63-44(29-32-47-40-21-10-14-26-54(40)75-67(47)63)45-30-33-48-41-22-11-15-27-55(41)76-68(48)64(45)72/h2-35H. The van der Waals surface area contributed by atoms with Gasteiger partial charge in [-0.3, -0.25) is 0 Å². The van der Waals surface area contributed by atoms with Gasteiger partial charge in [0.05, 0.1) is 65.1 Å². The molecule has 350 valence electrons. The minimum Gasteiger partial charge on any atom is -0.456 e. The summed E-state index contributed by atoms with van der Waals surface area (Å²) in [4.78, 5) is 4.73. The number of hydrogen-bond acceptors (Lipinski definition) is 5. The normalized spacial score (nSPS) is 12.2. The predicted octanol–water partition coefficient (Wildman–Crippen LogP) is 20.6. The summed E-state index contributed by atoms with van der Waals surface area (Å²) in [5.41, 5.74) is 10.9. The zero-order valence-corrected chi connectivity index (χ0v) is 42.5. The van der Waals surface area contributed by atoms with Gasteiger partial charge in [0.2, 0.25) is 5.69 Å². The fourth-order valence-corrected chi connectivity index (χ4v) is 16.4. The van der Waals surface area contributed by atoms with Gasteiger partial charge in [-0.25, -0.2) is 4.85 Å². The molecule has 0 radical (unpaired) electrons. The molecule has 17 rings (SSSR count). The Morgan fingerprint density at radius 3 is 1.29 bits per heavy atom. The van der Waals surface area contributed by atoms with Crippen molar-refractivity contribution in [3.63, 3.8) is 0 Å². The number of nitriles is 1. The molecule has 5 nitrogen and oxygen atoms in total. The van der Waals surface area contributed by atoms with Crippen LogP contribution < -0.4 is 0 Å². The maximum Gasteiger partial charge on any atom is 0.220 e. The Bertz CT molecular complexity index is 5370. The third-order valence-electron chi connectivity index (χ3n) is 15.8. The molecule has 6 aromatic heterocycles. The second-order valence-electron chi connectivity index (χ2n) is 19.5. The average Bonchev–Trinajstić information content (AvgIpc) is 4.52. The molecule has 0 aliphatic rings. The van der Waals surface area contributed by atoms with Gasteiger partial charge in [-0.05, 0) is 47.5 Å². The predicted molar refractivity (Wildman–Crippen MR) is 323 cm³/mol. The molecular formula is C68H34N4OS3. The first kappa shape index (κ1) is 41.9. The lowest BCUT2D eigenvalue weighted by Gasteiger charge is -2.26. The molecule has 6 heterocycles. The molecule has 17 aromatic rings. The van der Waals surface area contributed by atoms with Crippen molar-refractivity contribution in [2.75, 3.05) is 0 Å². The molecule has 0 saturated heterocycles. The highest BCUT2D eigenvalue weighted by molar-refractivity contribution is 7.27. The lowest BCUT2D eigenvalue weighted by Crippen LogP contribution is -2.09. The molecule has 0 saturated carbocycles. The zero-order chi connectivity index (χ0) is 49.9. The summed E-state index contributed by atoms with van der Waals surface area (Å²) in [6.45, 7) is 9.67. The zero-order valence-electron chi connectivity index (χ0n) is 40.1. The number of hydrogen-bond donors (Lipinski definition) is 0. The number of nitrogens with zero attached hydrogens (tertiary/aromatic N) is 4. The second-order valence-corrected chi connectivity index (χ2v) is 22.7. The van der Waals surface area contributed by atoms with Gasteiger partial charge in [0.1, 0.15) is 17.2 Å². The van der Waals surface area contributed by atoms with E-state index in [0.29, 0.717) is 22.5 Å². The van der Waals surface area contributed by atoms with Crippen LogP contribution in [0, 0.1) is 17.9 Å². The van der Waals surface area contributed by atoms with Crippen LogP contribution in [0.4, 0.5) is 5.69 Å². The van der Waals surface area contributed by atoms with E-state index in [0.717, 1.165) is 118 Å². The minimum absolute atomic E-state index is 0.409. The lowest BCUT2D eigenvalue weighted by molar-refractivity contribution is 0.669. The summed E-state index contributed by atoms with van der Waals surface area (Å²) in [5.74, 6) is 0. The van der Waals surface area contributed by atoms with E-state index in [2.05, 4.69) is 185 Å². The highest BCUT2D eigenvalue weighted by Gasteiger charge is 2.34. The average molecular weight is 1020 g/mol. The molecule has 0 unspecified atom stereocenters. The van der Waals surface area contributed by atoms with Crippen LogP contribution in [0.15, 0.2) is 211 Å². The van der Waals surface area contributed by atoms with E-state index in [4.69, 9.17) is 9.26 Å². The molecule has 0 bridgehead atoms. The van der Waals surface area contributed by atoms with E-state index in [9.17, 15) is 11.8 Å². The van der Waals surface area contributed by atoms with Crippen LogP contribution in [-0.4, -0.2) is 9.13 Å². The Balaban J connectivity index is 1.21.